The summed E-state index contributed by atoms with van der Waals surface area (Å²) in [7, 11) is 0. The average Bonchev–Trinajstić information content (AvgIpc) is 2.87. The van der Waals surface area contributed by atoms with E-state index >= 15 is 0 Å². The summed E-state index contributed by atoms with van der Waals surface area (Å²) in [5.74, 6) is 0. The van der Waals surface area contributed by atoms with E-state index in [4.69, 9.17) is 11.6 Å². The van der Waals surface area contributed by atoms with Gasteiger partial charge in [0.2, 0.25) is 0 Å². The van der Waals surface area contributed by atoms with Crippen LogP contribution in [0.2, 0.25) is 4.34 Å². The summed E-state index contributed by atoms with van der Waals surface area (Å²) >= 11 is 12.9. The fourth-order valence-corrected chi connectivity index (χ4v) is 4.32. The van der Waals surface area contributed by atoms with E-state index in [-0.39, 0.29) is 0 Å². The summed E-state index contributed by atoms with van der Waals surface area (Å²) in [5, 5.41) is 5.62. The van der Waals surface area contributed by atoms with Gasteiger partial charge in [-0.3, -0.25) is 0 Å². The maximum absolute atomic E-state index is 6.00. The van der Waals surface area contributed by atoms with Crippen LogP contribution < -0.4 is 5.32 Å². The van der Waals surface area contributed by atoms with Gasteiger partial charge in [0.25, 0.3) is 0 Å². The molecule has 17 heavy (non-hydrogen) atoms. The molecule has 0 saturated carbocycles. The standard InChI is InChI=1S/C12H13BrClNS2/c1-2-8-3-4-16-11(8)7-15-6-9-5-10(13)12(14)17-9/h3-5,15H,2,6-7H2,1H3. The Hall–Kier alpha value is 0.130. The molecular weight excluding hydrogens is 338 g/mol. The van der Waals surface area contributed by atoms with Crippen molar-refractivity contribution >= 4 is 50.2 Å². The molecule has 2 rings (SSSR count). The topological polar surface area (TPSA) is 12.0 Å². The Kier molecular flexibility index (Phi) is 5.06. The number of rotatable bonds is 5. The minimum absolute atomic E-state index is 0.826. The molecule has 2 aromatic heterocycles. The Bertz CT molecular complexity index is 473. The summed E-state index contributed by atoms with van der Waals surface area (Å²) in [6.07, 6.45) is 1.11. The van der Waals surface area contributed by atoms with Crippen molar-refractivity contribution in [3.8, 4) is 0 Å². The van der Waals surface area contributed by atoms with Crippen LogP contribution in [0.1, 0.15) is 22.2 Å². The van der Waals surface area contributed by atoms with Crippen LogP contribution in [0, 0.1) is 0 Å². The van der Waals surface area contributed by atoms with Crippen molar-refractivity contribution in [2.75, 3.05) is 0 Å². The van der Waals surface area contributed by atoms with E-state index in [1.165, 1.54) is 15.3 Å². The highest BCUT2D eigenvalue weighted by atomic mass is 79.9. The highest BCUT2D eigenvalue weighted by molar-refractivity contribution is 9.10. The Balaban J connectivity index is 1.87. The van der Waals surface area contributed by atoms with Crippen molar-refractivity contribution < 1.29 is 0 Å². The fraction of sp³-hybridized carbons (Fsp3) is 0.333. The Morgan fingerprint density at radius 2 is 2.24 bits per heavy atom. The first kappa shape index (κ1) is 13.6. The van der Waals surface area contributed by atoms with Gasteiger partial charge >= 0.3 is 0 Å². The molecule has 0 unspecified atom stereocenters. The average molecular weight is 351 g/mol. The number of nitrogens with one attached hydrogen (secondary N) is 1. The SMILES string of the molecule is CCc1ccsc1CNCc1cc(Br)c(Cl)s1. The third-order valence-corrected chi connectivity index (χ3v) is 5.94. The normalized spacial score (nSPS) is 11.0. The van der Waals surface area contributed by atoms with Crippen molar-refractivity contribution in [1.29, 1.82) is 0 Å². The summed E-state index contributed by atoms with van der Waals surface area (Å²) < 4.78 is 1.82. The van der Waals surface area contributed by atoms with Crippen molar-refractivity contribution in [1.82, 2.24) is 5.32 Å². The predicted molar refractivity (Wildman–Crippen MR) is 81.3 cm³/mol. The molecule has 0 aliphatic heterocycles. The zero-order chi connectivity index (χ0) is 12.3. The first-order valence-electron chi connectivity index (χ1n) is 5.40. The second kappa shape index (κ2) is 6.34. The van der Waals surface area contributed by atoms with Gasteiger partial charge in [0, 0.05) is 27.3 Å². The molecule has 0 atom stereocenters. The minimum atomic E-state index is 0.826. The van der Waals surface area contributed by atoms with E-state index in [0.29, 0.717) is 0 Å². The summed E-state index contributed by atoms with van der Waals surface area (Å²) in [6, 6.07) is 4.29. The van der Waals surface area contributed by atoms with Gasteiger partial charge in [-0.05, 0) is 45.4 Å². The van der Waals surface area contributed by atoms with Crippen LogP contribution in [0.3, 0.4) is 0 Å². The largest absolute Gasteiger partial charge is 0.307 e. The van der Waals surface area contributed by atoms with E-state index in [1.807, 2.05) is 11.3 Å². The van der Waals surface area contributed by atoms with Gasteiger partial charge in [-0.1, -0.05) is 18.5 Å². The second-order valence-corrected chi connectivity index (χ2v) is 7.25. The zero-order valence-corrected chi connectivity index (χ0v) is 13.4. The molecule has 92 valence electrons. The van der Waals surface area contributed by atoms with Gasteiger partial charge in [0.05, 0.1) is 0 Å². The molecular formula is C12H13BrClNS2. The molecule has 0 fully saturated rings. The van der Waals surface area contributed by atoms with E-state index in [2.05, 4.69) is 45.7 Å². The molecule has 0 aromatic carbocycles. The number of thiophene rings is 2. The van der Waals surface area contributed by atoms with Crippen molar-refractivity contribution in [2.45, 2.75) is 26.4 Å². The minimum Gasteiger partial charge on any atom is -0.307 e. The van der Waals surface area contributed by atoms with E-state index in [1.54, 1.807) is 11.3 Å². The third kappa shape index (κ3) is 3.55. The van der Waals surface area contributed by atoms with Crippen LogP contribution in [0.25, 0.3) is 0 Å². The van der Waals surface area contributed by atoms with Crippen LogP contribution in [0.15, 0.2) is 22.0 Å². The van der Waals surface area contributed by atoms with Crippen LogP contribution in [-0.4, -0.2) is 0 Å². The molecule has 5 heteroatoms. The number of halogens is 2. The number of hydrogen-bond acceptors (Lipinski definition) is 3. The highest BCUT2D eigenvalue weighted by Gasteiger charge is 2.05. The lowest BCUT2D eigenvalue weighted by molar-refractivity contribution is 0.704. The highest BCUT2D eigenvalue weighted by Crippen LogP contribution is 2.31. The van der Waals surface area contributed by atoms with Gasteiger partial charge in [-0.25, -0.2) is 0 Å². The number of aryl methyl sites for hydroxylation is 1. The molecule has 0 bridgehead atoms. The van der Waals surface area contributed by atoms with Gasteiger partial charge in [0.15, 0.2) is 0 Å². The summed E-state index contributed by atoms with van der Waals surface area (Å²) in [4.78, 5) is 2.70. The first-order valence-corrected chi connectivity index (χ1v) is 8.27. The fourth-order valence-electron chi connectivity index (χ4n) is 1.61. The van der Waals surface area contributed by atoms with Crippen molar-refractivity contribution in [2.24, 2.45) is 0 Å². The monoisotopic (exact) mass is 349 g/mol. The van der Waals surface area contributed by atoms with Gasteiger partial charge in [0.1, 0.15) is 4.34 Å². The predicted octanol–water partition coefficient (Wildman–Crippen LogP) is 5.08. The smallest absolute Gasteiger partial charge is 0.107 e. The molecule has 0 aliphatic carbocycles. The Morgan fingerprint density at radius 1 is 1.41 bits per heavy atom. The Labute approximate surface area is 123 Å². The maximum Gasteiger partial charge on any atom is 0.107 e. The van der Waals surface area contributed by atoms with Crippen molar-refractivity contribution in [3.63, 3.8) is 0 Å². The molecule has 0 aliphatic rings. The van der Waals surface area contributed by atoms with Crippen LogP contribution in [-0.2, 0) is 19.5 Å². The lowest BCUT2D eigenvalue weighted by Crippen LogP contribution is -2.11. The molecule has 0 radical (unpaired) electrons. The molecule has 0 amide bonds. The van der Waals surface area contributed by atoms with Crippen LogP contribution in [0.5, 0.6) is 0 Å². The van der Waals surface area contributed by atoms with Crippen LogP contribution >= 0.6 is 50.2 Å². The molecule has 2 heterocycles. The van der Waals surface area contributed by atoms with Gasteiger partial charge in [-0.15, -0.1) is 22.7 Å². The molecule has 0 spiro atoms. The summed E-state index contributed by atoms with van der Waals surface area (Å²) in [6.45, 7) is 4.01. The third-order valence-electron chi connectivity index (χ3n) is 2.50. The lowest BCUT2D eigenvalue weighted by atomic mass is 10.2. The van der Waals surface area contributed by atoms with E-state index in [9.17, 15) is 0 Å². The lowest BCUT2D eigenvalue weighted by Gasteiger charge is -2.03. The second-order valence-electron chi connectivity index (χ2n) is 3.66. The Morgan fingerprint density at radius 3 is 2.88 bits per heavy atom. The summed E-state index contributed by atoms with van der Waals surface area (Å²) in [5.41, 5.74) is 1.45. The van der Waals surface area contributed by atoms with Gasteiger partial charge < -0.3 is 5.32 Å². The quantitative estimate of drug-likeness (QED) is 0.793. The first-order chi connectivity index (χ1) is 8.20. The van der Waals surface area contributed by atoms with Gasteiger partial charge in [-0.2, -0.15) is 0 Å². The zero-order valence-electron chi connectivity index (χ0n) is 9.43. The molecule has 1 nitrogen and oxygen atoms in total. The molecule has 2 aromatic rings. The molecule has 0 saturated heterocycles. The van der Waals surface area contributed by atoms with E-state index < -0.39 is 0 Å². The van der Waals surface area contributed by atoms with E-state index in [0.717, 1.165) is 28.3 Å². The molecule has 1 N–H and O–H groups in total. The maximum atomic E-state index is 6.00. The van der Waals surface area contributed by atoms with Crippen molar-refractivity contribution in [3.05, 3.63) is 41.6 Å². The van der Waals surface area contributed by atoms with Crippen LogP contribution in [0.4, 0.5) is 0 Å². The number of hydrogen-bond donors (Lipinski definition) is 1.